The standard InChI is InChI=1S/C19H23N3O3S/c20-19(23)21-16-7-4-8-17(13-16)22-26(24,25)18-11-9-15(10-12-18)14-5-2-1-3-6-14/h4,7-14,22H,1-3,5-6H2,(H3,20,21,23). The average molecular weight is 373 g/mol. The lowest BCUT2D eigenvalue weighted by Gasteiger charge is -2.22. The summed E-state index contributed by atoms with van der Waals surface area (Å²) in [5.41, 5.74) is 7.06. The van der Waals surface area contributed by atoms with E-state index in [2.05, 4.69) is 10.0 Å². The zero-order valence-electron chi connectivity index (χ0n) is 14.4. The SMILES string of the molecule is NC(=O)Nc1cccc(NS(=O)(=O)c2ccc(C3CCCCC3)cc2)c1. The first-order valence-electron chi connectivity index (χ1n) is 8.73. The first-order valence-corrected chi connectivity index (χ1v) is 10.2. The number of rotatable bonds is 5. The molecule has 0 bridgehead atoms. The van der Waals surface area contributed by atoms with Crippen LogP contribution in [-0.2, 0) is 10.0 Å². The Balaban J connectivity index is 1.74. The fourth-order valence-electron chi connectivity index (χ4n) is 3.37. The molecule has 2 aromatic carbocycles. The molecule has 7 heteroatoms. The van der Waals surface area contributed by atoms with Crippen molar-refractivity contribution in [3.8, 4) is 0 Å². The minimum Gasteiger partial charge on any atom is -0.351 e. The van der Waals surface area contributed by atoms with E-state index in [1.807, 2.05) is 12.1 Å². The molecule has 138 valence electrons. The number of nitrogens with two attached hydrogens (primary N) is 1. The minimum atomic E-state index is -3.70. The number of primary amides is 1. The zero-order chi connectivity index (χ0) is 18.6. The van der Waals surface area contributed by atoms with Gasteiger partial charge in [-0.3, -0.25) is 4.72 Å². The fourth-order valence-corrected chi connectivity index (χ4v) is 4.42. The van der Waals surface area contributed by atoms with Gasteiger partial charge >= 0.3 is 6.03 Å². The van der Waals surface area contributed by atoms with Crippen molar-refractivity contribution in [2.75, 3.05) is 10.0 Å². The highest BCUT2D eigenvalue weighted by Crippen LogP contribution is 2.33. The summed E-state index contributed by atoms with van der Waals surface area (Å²) in [6, 6.07) is 12.8. The fraction of sp³-hybridized carbons (Fsp3) is 0.316. The Bertz CT molecular complexity index is 873. The third-order valence-corrected chi connectivity index (χ3v) is 6.05. The summed E-state index contributed by atoms with van der Waals surface area (Å²) in [5, 5.41) is 2.42. The highest BCUT2D eigenvalue weighted by atomic mass is 32.2. The molecular weight excluding hydrogens is 350 g/mol. The Morgan fingerprint density at radius 2 is 1.62 bits per heavy atom. The second-order valence-corrected chi connectivity index (χ2v) is 8.26. The molecule has 0 aromatic heterocycles. The summed E-state index contributed by atoms with van der Waals surface area (Å²) in [6.07, 6.45) is 6.11. The van der Waals surface area contributed by atoms with E-state index >= 15 is 0 Å². The molecule has 0 unspecified atom stereocenters. The maximum atomic E-state index is 12.6. The number of sulfonamides is 1. The van der Waals surface area contributed by atoms with Crippen LogP contribution in [0.1, 0.15) is 43.6 Å². The normalized spacial score (nSPS) is 15.4. The molecule has 0 radical (unpaired) electrons. The van der Waals surface area contributed by atoms with E-state index in [1.54, 1.807) is 30.3 Å². The Morgan fingerprint density at radius 1 is 0.962 bits per heavy atom. The van der Waals surface area contributed by atoms with Gasteiger partial charge in [0.05, 0.1) is 10.6 Å². The highest BCUT2D eigenvalue weighted by Gasteiger charge is 2.18. The van der Waals surface area contributed by atoms with E-state index in [0.29, 0.717) is 17.3 Å². The van der Waals surface area contributed by atoms with Gasteiger partial charge in [0.15, 0.2) is 0 Å². The monoisotopic (exact) mass is 373 g/mol. The molecule has 4 N–H and O–H groups in total. The number of benzene rings is 2. The Morgan fingerprint density at radius 3 is 2.27 bits per heavy atom. The minimum absolute atomic E-state index is 0.213. The largest absolute Gasteiger partial charge is 0.351 e. The lowest BCUT2D eigenvalue weighted by atomic mass is 9.84. The molecule has 3 rings (SSSR count). The van der Waals surface area contributed by atoms with Gasteiger partial charge < -0.3 is 11.1 Å². The third kappa shape index (κ3) is 4.54. The lowest BCUT2D eigenvalue weighted by Crippen LogP contribution is -2.19. The van der Waals surface area contributed by atoms with Crippen LogP contribution >= 0.6 is 0 Å². The third-order valence-electron chi connectivity index (χ3n) is 4.65. The molecule has 1 saturated carbocycles. The van der Waals surface area contributed by atoms with Gasteiger partial charge in [-0.05, 0) is 54.7 Å². The molecule has 0 saturated heterocycles. The van der Waals surface area contributed by atoms with Crippen LogP contribution in [-0.4, -0.2) is 14.4 Å². The van der Waals surface area contributed by atoms with Gasteiger partial charge in [-0.15, -0.1) is 0 Å². The number of urea groups is 1. The Kier molecular flexibility index (Phi) is 5.46. The molecule has 0 atom stereocenters. The number of carbonyl (C=O) groups excluding carboxylic acids is 1. The molecular formula is C19H23N3O3S. The van der Waals surface area contributed by atoms with E-state index in [9.17, 15) is 13.2 Å². The Labute approximate surface area is 153 Å². The van der Waals surface area contributed by atoms with Gasteiger partial charge in [0.25, 0.3) is 10.0 Å². The van der Waals surface area contributed by atoms with Crippen LogP contribution in [0.15, 0.2) is 53.4 Å². The molecule has 0 heterocycles. The van der Waals surface area contributed by atoms with E-state index in [0.717, 1.165) is 0 Å². The molecule has 2 aromatic rings. The summed E-state index contributed by atoms with van der Waals surface area (Å²) in [5.74, 6) is 0.532. The van der Waals surface area contributed by atoms with Gasteiger partial charge in [0.1, 0.15) is 0 Å². The molecule has 0 spiro atoms. The van der Waals surface area contributed by atoms with E-state index in [1.165, 1.54) is 43.7 Å². The van der Waals surface area contributed by atoms with Crippen LogP contribution in [0.5, 0.6) is 0 Å². The van der Waals surface area contributed by atoms with Gasteiger partial charge in [0.2, 0.25) is 0 Å². The van der Waals surface area contributed by atoms with Crippen molar-refractivity contribution in [3.63, 3.8) is 0 Å². The first kappa shape index (κ1) is 18.3. The average Bonchev–Trinajstić information content (AvgIpc) is 2.62. The van der Waals surface area contributed by atoms with Crippen molar-refractivity contribution in [2.45, 2.75) is 42.9 Å². The van der Waals surface area contributed by atoms with E-state index in [4.69, 9.17) is 5.73 Å². The lowest BCUT2D eigenvalue weighted by molar-refractivity contribution is 0.259. The second-order valence-electron chi connectivity index (χ2n) is 6.58. The van der Waals surface area contributed by atoms with Crippen LogP contribution in [0.4, 0.5) is 16.2 Å². The summed E-state index contributed by atoms with van der Waals surface area (Å²) >= 11 is 0. The number of anilines is 2. The summed E-state index contributed by atoms with van der Waals surface area (Å²) in [4.78, 5) is 11.1. The zero-order valence-corrected chi connectivity index (χ0v) is 15.3. The van der Waals surface area contributed by atoms with Crippen molar-refractivity contribution < 1.29 is 13.2 Å². The predicted molar refractivity (Wildman–Crippen MR) is 103 cm³/mol. The topological polar surface area (TPSA) is 101 Å². The molecule has 6 nitrogen and oxygen atoms in total. The number of carbonyl (C=O) groups is 1. The summed E-state index contributed by atoms with van der Waals surface area (Å²) in [6.45, 7) is 0. The Hall–Kier alpha value is -2.54. The van der Waals surface area contributed by atoms with Crippen LogP contribution in [0, 0.1) is 0 Å². The molecule has 0 aliphatic heterocycles. The molecule has 1 fully saturated rings. The van der Waals surface area contributed by atoms with Crippen LogP contribution in [0.2, 0.25) is 0 Å². The number of nitrogens with one attached hydrogen (secondary N) is 2. The van der Waals surface area contributed by atoms with Crippen molar-refractivity contribution in [3.05, 3.63) is 54.1 Å². The van der Waals surface area contributed by atoms with Gasteiger partial charge in [-0.25, -0.2) is 13.2 Å². The first-order chi connectivity index (χ1) is 12.4. The molecule has 2 amide bonds. The quantitative estimate of drug-likeness (QED) is 0.737. The maximum Gasteiger partial charge on any atom is 0.316 e. The molecule has 1 aliphatic carbocycles. The number of hydrogen-bond donors (Lipinski definition) is 3. The summed E-state index contributed by atoms with van der Waals surface area (Å²) < 4.78 is 27.7. The highest BCUT2D eigenvalue weighted by molar-refractivity contribution is 7.92. The predicted octanol–water partition coefficient (Wildman–Crippen LogP) is 4.03. The van der Waals surface area contributed by atoms with E-state index in [-0.39, 0.29) is 4.90 Å². The van der Waals surface area contributed by atoms with Crippen molar-refractivity contribution >= 4 is 27.4 Å². The molecule has 26 heavy (non-hydrogen) atoms. The van der Waals surface area contributed by atoms with Crippen LogP contribution in [0.25, 0.3) is 0 Å². The summed E-state index contributed by atoms with van der Waals surface area (Å²) in [7, 11) is -3.70. The van der Waals surface area contributed by atoms with Crippen LogP contribution < -0.4 is 15.8 Å². The number of hydrogen-bond acceptors (Lipinski definition) is 3. The van der Waals surface area contributed by atoms with Crippen LogP contribution in [0.3, 0.4) is 0 Å². The van der Waals surface area contributed by atoms with Gasteiger partial charge in [0, 0.05) is 5.69 Å². The van der Waals surface area contributed by atoms with Crippen molar-refractivity contribution in [1.29, 1.82) is 0 Å². The van der Waals surface area contributed by atoms with Crippen molar-refractivity contribution in [2.24, 2.45) is 5.73 Å². The van der Waals surface area contributed by atoms with E-state index < -0.39 is 16.1 Å². The van der Waals surface area contributed by atoms with Gasteiger partial charge in [-0.1, -0.05) is 37.5 Å². The maximum absolute atomic E-state index is 12.6. The smallest absolute Gasteiger partial charge is 0.316 e. The number of amides is 2. The van der Waals surface area contributed by atoms with Gasteiger partial charge in [-0.2, -0.15) is 0 Å². The second kappa shape index (κ2) is 7.78. The molecule has 1 aliphatic rings. The van der Waals surface area contributed by atoms with Crippen molar-refractivity contribution in [1.82, 2.24) is 0 Å².